The lowest BCUT2D eigenvalue weighted by Crippen LogP contribution is -2.23. The molecule has 8 nitrogen and oxygen atoms in total. The number of para-hydroxylation sites is 2. The largest absolute Gasteiger partial charge is 0.486 e. The highest BCUT2D eigenvalue weighted by molar-refractivity contribution is 5.93. The van der Waals surface area contributed by atoms with E-state index in [1.807, 2.05) is 32.9 Å². The monoisotopic (exact) mass is 467 g/mol. The van der Waals surface area contributed by atoms with Gasteiger partial charge in [0.25, 0.3) is 5.91 Å². The van der Waals surface area contributed by atoms with Crippen LogP contribution in [0.2, 0.25) is 0 Å². The highest BCUT2D eigenvalue weighted by atomic mass is 16.5. The Bertz CT molecular complexity index is 1470. The minimum absolute atomic E-state index is 0.216. The third kappa shape index (κ3) is 4.99. The molecule has 0 aliphatic rings. The van der Waals surface area contributed by atoms with Gasteiger partial charge in [-0.15, -0.1) is 0 Å². The van der Waals surface area contributed by atoms with Crippen molar-refractivity contribution < 1.29 is 14.3 Å². The van der Waals surface area contributed by atoms with Crippen molar-refractivity contribution in [3.63, 3.8) is 0 Å². The SMILES string of the molecule is C=CCOc1ccccc1OCC(=O)Nc1c(C#N)cnn1-c1cc(C)c2cc(C)cc(C)c2n1. The molecule has 0 bridgehead atoms. The zero-order valence-corrected chi connectivity index (χ0v) is 19.8. The van der Waals surface area contributed by atoms with Crippen molar-refractivity contribution in [3.8, 4) is 23.4 Å². The molecule has 4 aromatic rings. The fourth-order valence-corrected chi connectivity index (χ4v) is 3.81. The van der Waals surface area contributed by atoms with Gasteiger partial charge in [0.2, 0.25) is 0 Å². The molecule has 0 radical (unpaired) electrons. The Balaban J connectivity index is 1.60. The van der Waals surface area contributed by atoms with E-state index in [-0.39, 0.29) is 18.0 Å². The molecule has 1 amide bonds. The number of fused-ring (bicyclic) bond motifs is 1. The Kier molecular flexibility index (Phi) is 6.78. The number of nitrogens with one attached hydrogen (secondary N) is 1. The maximum absolute atomic E-state index is 12.8. The fraction of sp³-hybridized carbons (Fsp3) is 0.185. The number of nitriles is 1. The summed E-state index contributed by atoms with van der Waals surface area (Å²) in [6.07, 6.45) is 3.03. The lowest BCUT2D eigenvalue weighted by atomic mass is 10.0. The Labute approximate surface area is 203 Å². The van der Waals surface area contributed by atoms with Crippen LogP contribution in [0.3, 0.4) is 0 Å². The second-order valence-electron chi connectivity index (χ2n) is 8.09. The predicted octanol–water partition coefficient (Wildman–Crippen LogP) is 4.80. The molecule has 0 atom stereocenters. The van der Waals surface area contributed by atoms with Gasteiger partial charge in [0.1, 0.15) is 18.2 Å². The van der Waals surface area contributed by atoms with Gasteiger partial charge >= 0.3 is 0 Å². The number of benzene rings is 2. The molecule has 4 rings (SSSR count). The van der Waals surface area contributed by atoms with E-state index < -0.39 is 5.91 Å². The van der Waals surface area contributed by atoms with E-state index in [9.17, 15) is 10.1 Å². The lowest BCUT2D eigenvalue weighted by molar-refractivity contribution is -0.118. The van der Waals surface area contributed by atoms with Crippen LogP contribution in [0.1, 0.15) is 22.3 Å². The average molecular weight is 468 g/mol. The lowest BCUT2D eigenvalue weighted by Gasteiger charge is -2.14. The minimum atomic E-state index is -0.453. The molecular formula is C27H25N5O3. The zero-order valence-electron chi connectivity index (χ0n) is 19.8. The van der Waals surface area contributed by atoms with Crippen LogP contribution < -0.4 is 14.8 Å². The van der Waals surface area contributed by atoms with Crippen molar-refractivity contribution >= 4 is 22.6 Å². The van der Waals surface area contributed by atoms with Crippen molar-refractivity contribution in [3.05, 3.63) is 83.6 Å². The van der Waals surface area contributed by atoms with E-state index >= 15 is 0 Å². The van der Waals surface area contributed by atoms with Crippen LogP contribution in [-0.2, 0) is 4.79 Å². The molecule has 0 aliphatic carbocycles. The van der Waals surface area contributed by atoms with Crippen LogP contribution in [0.5, 0.6) is 11.5 Å². The summed E-state index contributed by atoms with van der Waals surface area (Å²) in [7, 11) is 0. The first-order valence-electron chi connectivity index (χ1n) is 11.0. The number of pyridine rings is 1. The molecule has 0 saturated carbocycles. The van der Waals surface area contributed by atoms with Gasteiger partial charge < -0.3 is 14.8 Å². The van der Waals surface area contributed by atoms with Gasteiger partial charge in [-0.1, -0.05) is 36.4 Å². The number of nitrogens with zero attached hydrogens (tertiary/aromatic N) is 4. The predicted molar refractivity (Wildman–Crippen MR) is 134 cm³/mol. The summed E-state index contributed by atoms with van der Waals surface area (Å²) in [5.41, 5.74) is 4.27. The number of aromatic nitrogens is 3. The summed E-state index contributed by atoms with van der Waals surface area (Å²) < 4.78 is 12.7. The van der Waals surface area contributed by atoms with Crippen molar-refractivity contribution in [1.82, 2.24) is 14.8 Å². The molecule has 35 heavy (non-hydrogen) atoms. The number of ether oxygens (including phenoxy) is 2. The first kappa shape index (κ1) is 23.5. The molecule has 0 aliphatic heterocycles. The molecule has 176 valence electrons. The van der Waals surface area contributed by atoms with Gasteiger partial charge in [0.05, 0.1) is 11.7 Å². The molecule has 1 N–H and O–H groups in total. The summed E-state index contributed by atoms with van der Waals surface area (Å²) >= 11 is 0. The Morgan fingerprint density at radius 1 is 1.14 bits per heavy atom. The Morgan fingerprint density at radius 3 is 2.60 bits per heavy atom. The number of hydrogen-bond donors (Lipinski definition) is 1. The molecule has 0 fully saturated rings. The maximum atomic E-state index is 12.8. The van der Waals surface area contributed by atoms with Gasteiger partial charge in [-0.3, -0.25) is 4.79 Å². The fourth-order valence-electron chi connectivity index (χ4n) is 3.81. The van der Waals surface area contributed by atoms with Gasteiger partial charge in [0.15, 0.2) is 29.7 Å². The van der Waals surface area contributed by atoms with E-state index in [4.69, 9.17) is 14.5 Å². The number of carbonyl (C=O) groups is 1. The summed E-state index contributed by atoms with van der Waals surface area (Å²) in [5, 5.41) is 17.7. The van der Waals surface area contributed by atoms with Crippen LogP contribution in [0.25, 0.3) is 16.7 Å². The van der Waals surface area contributed by atoms with Crippen molar-refractivity contribution in [1.29, 1.82) is 5.26 Å². The van der Waals surface area contributed by atoms with Gasteiger partial charge in [0, 0.05) is 5.39 Å². The second-order valence-corrected chi connectivity index (χ2v) is 8.09. The molecular weight excluding hydrogens is 442 g/mol. The summed E-state index contributed by atoms with van der Waals surface area (Å²) in [6, 6.07) is 15.2. The highest BCUT2D eigenvalue weighted by Gasteiger charge is 2.18. The number of amides is 1. The first-order valence-corrected chi connectivity index (χ1v) is 11.0. The van der Waals surface area contributed by atoms with Crippen LogP contribution >= 0.6 is 0 Å². The van der Waals surface area contributed by atoms with Crippen LogP contribution in [0.4, 0.5) is 5.82 Å². The molecule has 0 unspecified atom stereocenters. The highest BCUT2D eigenvalue weighted by Crippen LogP contribution is 2.28. The smallest absolute Gasteiger partial charge is 0.263 e. The summed E-state index contributed by atoms with van der Waals surface area (Å²) in [6.45, 7) is 9.71. The van der Waals surface area contributed by atoms with Gasteiger partial charge in [-0.25, -0.2) is 4.98 Å². The standard InChI is InChI=1S/C27H25N5O3/c1-5-10-34-22-8-6-7-9-23(22)35-16-25(33)31-27-20(14-28)15-29-32(27)24-13-18(3)21-12-17(2)11-19(4)26(21)30-24/h5-9,11-13,15H,1,10,16H2,2-4H3,(H,31,33). The molecule has 0 saturated heterocycles. The number of rotatable bonds is 8. The van der Waals surface area contributed by atoms with Gasteiger partial charge in [-0.2, -0.15) is 15.0 Å². The average Bonchev–Trinajstić information content (AvgIpc) is 3.24. The summed E-state index contributed by atoms with van der Waals surface area (Å²) in [4.78, 5) is 17.5. The number of aryl methyl sites for hydroxylation is 3. The molecule has 0 spiro atoms. The molecule has 2 aromatic heterocycles. The van der Waals surface area contributed by atoms with Crippen molar-refractivity contribution in [2.75, 3.05) is 18.5 Å². The van der Waals surface area contributed by atoms with E-state index in [0.29, 0.717) is 23.9 Å². The quantitative estimate of drug-likeness (QED) is 0.374. The van der Waals surface area contributed by atoms with Crippen molar-refractivity contribution in [2.45, 2.75) is 20.8 Å². The third-order valence-electron chi connectivity index (χ3n) is 5.37. The van der Waals surface area contributed by atoms with Crippen molar-refractivity contribution in [2.24, 2.45) is 0 Å². The Hall–Kier alpha value is -4.64. The first-order chi connectivity index (χ1) is 16.9. The Morgan fingerprint density at radius 2 is 1.89 bits per heavy atom. The van der Waals surface area contributed by atoms with Crippen LogP contribution in [-0.4, -0.2) is 33.9 Å². The zero-order chi connectivity index (χ0) is 24.9. The van der Waals surface area contributed by atoms with Gasteiger partial charge in [-0.05, 0) is 56.2 Å². The molecule has 2 aromatic carbocycles. The van der Waals surface area contributed by atoms with E-state index in [2.05, 4.69) is 35.2 Å². The topological polar surface area (TPSA) is 102 Å². The van der Waals surface area contributed by atoms with E-state index in [1.54, 1.807) is 24.3 Å². The number of carbonyl (C=O) groups excluding carboxylic acids is 1. The minimum Gasteiger partial charge on any atom is -0.486 e. The van der Waals surface area contributed by atoms with Crippen LogP contribution in [0.15, 0.2) is 61.3 Å². The normalized spacial score (nSPS) is 10.6. The maximum Gasteiger partial charge on any atom is 0.263 e. The van der Waals surface area contributed by atoms with E-state index in [0.717, 1.165) is 27.6 Å². The second kappa shape index (κ2) is 10.1. The number of hydrogen-bond acceptors (Lipinski definition) is 6. The van der Waals surface area contributed by atoms with Crippen LogP contribution in [0, 0.1) is 32.1 Å². The molecule has 8 heteroatoms. The third-order valence-corrected chi connectivity index (χ3v) is 5.37. The molecule has 2 heterocycles. The van der Waals surface area contributed by atoms with E-state index in [1.165, 1.54) is 10.9 Å². The summed E-state index contributed by atoms with van der Waals surface area (Å²) in [5.74, 6) is 1.21. The number of anilines is 1.